The second-order valence-corrected chi connectivity index (χ2v) is 3.99. The summed E-state index contributed by atoms with van der Waals surface area (Å²) in [7, 11) is 0. The van der Waals surface area contributed by atoms with Gasteiger partial charge in [-0.05, 0) is 35.4 Å². The Labute approximate surface area is 81.7 Å². The molecule has 0 aliphatic heterocycles. The van der Waals surface area contributed by atoms with Crippen molar-refractivity contribution in [3.8, 4) is 0 Å². The van der Waals surface area contributed by atoms with Gasteiger partial charge in [-0.2, -0.15) is 0 Å². The number of hydrogen-bond acceptors (Lipinski definition) is 5. The fourth-order valence-electron chi connectivity index (χ4n) is 0.954. The monoisotopic (exact) mass is 212 g/mol. The first kappa shape index (κ1) is 8.46. The lowest BCUT2D eigenvalue weighted by atomic mass is 10.3. The van der Waals surface area contributed by atoms with Gasteiger partial charge in [-0.1, -0.05) is 10.6 Å². The number of fused-ring (bicyclic) bond motifs is 1. The zero-order valence-corrected chi connectivity index (χ0v) is 7.93. The Morgan fingerprint density at radius 2 is 2.38 bits per heavy atom. The number of hydrogen-bond donors (Lipinski definition) is 1. The smallest absolute Gasteiger partial charge is 0.369 e. The van der Waals surface area contributed by atoms with Crippen molar-refractivity contribution in [1.82, 2.24) is 9.59 Å². The van der Waals surface area contributed by atoms with Crippen LogP contribution in [0.1, 0.15) is 0 Å². The van der Waals surface area contributed by atoms with Crippen LogP contribution in [0.3, 0.4) is 0 Å². The third-order valence-electron chi connectivity index (χ3n) is 1.44. The largest absolute Gasteiger partial charge is 0.473 e. The van der Waals surface area contributed by atoms with Gasteiger partial charge in [0, 0.05) is 4.90 Å². The molecule has 1 N–H and O–H groups in total. The van der Waals surface area contributed by atoms with E-state index < -0.39 is 5.30 Å². The number of benzene rings is 1. The SMILES string of the molecule is O=C(O)Sc1cccc2nnsc12. The molecule has 0 aliphatic carbocycles. The van der Waals surface area contributed by atoms with Crippen LogP contribution in [0.4, 0.5) is 4.79 Å². The van der Waals surface area contributed by atoms with Crippen LogP contribution in [0.2, 0.25) is 0 Å². The van der Waals surface area contributed by atoms with Crippen LogP contribution < -0.4 is 0 Å². The number of thioether (sulfide) groups is 1. The first-order valence-electron chi connectivity index (χ1n) is 3.39. The molecule has 6 heteroatoms. The molecule has 13 heavy (non-hydrogen) atoms. The Morgan fingerprint density at radius 3 is 3.15 bits per heavy atom. The molecule has 0 fully saturated rings. The van der Waals surface area contributed by atoms with Crippen LogP contribution in [-0.2, 0) is 0 Å². The van der Waals surface area contributed by atoms with E-state index in [9.17, 15) is 4.79 Å². The molecular formula is C7H4N2O2S2. The average molecular weight is 212 g/mol. The van der Waals surface area contributed by atoms with Gasteiger partial charge in [-0.15, -0.1) is 5.10 Å². The van der Waals surface area contributed by atoms with E-state index in [4.69, 9.17) is 5.11 Å². The fraction of sp³-hybridized carbons (Fsp3) is 0. The molecule has 0 saturated carbocycles. The molecule has 0 spiro atoms. The molecule has 66 valence electrons. The molecular weight excluding hydrogens is 208 g/mol. The van der Waals surface area contributed by atoms with Gasteiger partial charge in [0.25, 0.3) is 0 Å². The third kappa shape index (κ3) is 1.63. The molecule has 1 aromatic heterocycles. The second kappa shape index (κ2) is 3.31. The molecule has 0 bridgehead atoms. The quantitative estimate of drug-likeness (QED) is 0.735. The Balaban J connectivity index is 2.54. The summed E-state index contributed by atoms with van der Waals surface area (Å²) >= 11 is 1.99. The zero-order valence-electron chi connectivity index (χ0n) is 6.30. The van der Waals surface area contributed by atoms with E-state index in [1.807, 2.05) is 6.07 Å². The number of aromatic nitrogens is 2. The Hall–Kier alpha value is -1.14. The summed E-state index contributed by atoms with van der Waals surface area (Å²) in [6, 6.07) is 5.33. The molecule has 0 saturated heterocycles. The highest BCUT2D eigenvalue weighted by molar-refractivity contribution is 8.13. The molecule has 4 nitrogen and oxygen atoms in total. The van der Waals surface area contributed by atoms with E-state index in [1.165, 1.54) is 11.5 Å². The second-order valence-electron chi connectivity index (χ2n) is 2.25. The number of carboxylic acid groups (broad SMARTS) is 1. The minimum absolute atomic E-state index is 0.694. The summed E-state index contributed by atoms with van der Waals surface area (Å²) in [5, 5.41) is 11.5. The molecule has 1 aromatic carbocycles. The maximum atomic E-state index is 10.5. The molecule has 0 atom stereocenters. The van der Waals surface area contributed by atoms with E-state index in [0.29, 0.717) is 4.90 Å². The van der Waals surface area contributed by atoms with E-state index in [0.717, 1.165) is 22.0 Å². The lowest BCUT2D eigenvalue weighted by Gasteiger charge is -1.94. The van der Waals surface area contributed by atoms with Crippen molar-refractivity contribution in [3.05, 3.63) is 18.2 Å². The Kier molecular flexibility index (Phi) is 2.15. The van der Waals surface area contributed by atoms with Crippen LogP contribution in [0.25, 0.3) is 10.2 Å². The zero-order chi connectivity index (χ0) is 9.26. The molecule has 0 radical (unpaired) electrons. The van der Waals surface area contributed by atoms with Gasteiger partial charge >= 0.3 is 5.30 Å². The van der Waals surface area contributed by atoms with Gasteiger partial charge in [0.05, 0.1) is 4.70 Å². The van der Waals surface area contributed by atoms with Crippen molar-refractivity contribution >= 4 is 38.8 Å². The summed E-state index contributed by atoms with van der Waals surface area (Å²) in [5.41, 5.74) is 0.747. The topological polar surface area (TPSA) is 63.1 Å². The van der Waals surface area contributed by atoms with Crippen molar-refractivity contribution in [2.75, 3.05) is 0 Å². The van der Waals surface area contributed by atoms with Crippen LogP contribution in [0.5, 0.6) is 0 Å². The fourth-order valence-corrected chi connectivity index (χ4v) is 2.29. The van der Waals surface area contributed by atoms with Gasteiger partial charge in [0.2, 0.25) is 0 Å². The van der Waals surface area contributed by atoms with Crippen LogP contribution >= 0.6 is 23.3 Å². The predicted octanol–water partition coefficient (Wildman–Crippen LogP) is 2.46. The lowest BCUT2D eigenvalue weighted by molar-refractivity contribution is 0.222. The van der Waals surface area contributed by atoms with E-state index >= 15 is 0 Å². The minimum atomic E-state index is -0.916. The molecule has 1 heterocycles. The Bertz CT molecular complexity index is 454. The van der Waals surface area contributed by atoms with Gasteiger partial charge in [0.1, 0.15) is 5.52 Å². The van der Waals surface area contributed by atoms with Gasteiger partial charge in [0.15, 0.2) is 0 Å². The van der Waals surface area contributed by atoms with Crippen LogP contribution in [-0.4, -0.2) is 20.0 Å². The van der Waals surface area contributed by atoms with Crippen LogP contribution in [0, 0.1) is 0 Å². The van der Waals surface area contributed by atoms with Gasteiger partial charge in [-0.25, -0.2) is 4.79 Å². The summed E-state index contributed by atoms with van der Waals surface area (Å²) in [4.78, 5) is 11.2. The molecule has 0 unspecified atom stereocenters. The van der Waals surface area contributed by atoms with Crippen molar-refractivity contribution in [1.29, 1.82) is 0 Å². The Morgan fingerprint density at radius 1 is 1.54 bits per heavy atom. The minimum Gasteiger partial charge on any atom is -0.473 e. The third-order valence-corrected chi connectivity index (χ3v) is 3.07. The maximum absolute atomic E-state index is 10.5. The van der Waals surface area contributed by atoms with E-state index in [2.05, 4.69) is 9.59 Å². The average Bonchev–Trinajstić information content (AvgIpc) is 2.51. The van der Waals surface area contributed by atoms with E-state index in [-0.39, 0.29) is 0 Å². The lowest BCUT2D eigenvalue weighted by Crippen LogP contribution is -1.82. The molecule has 2 aromatic rings. The summed E-state index contributed by atoms with van der Waals surface area (Å²) < 4.78 is 4.58. The first-order valence-corrected chi connectivity index (χ1v) is 4.98. The number of nitrogens with zero attached hydrogens (tertiary/aromatic N) is 2. The summed E-state index contributed by atoms with van der Waals surface area (Å²) in [6.07, 6.45) is 0. The van der Waals surface area contributed by atoms with Crippen molar-refractivity contribution in [2.24, 2.45) is 0 Å². The molecule has 0 aliphatic rings. The highest BCUT2D eigenvalue weighted by Crippen LogP contribution is 2.29. The number of rotatable bonds is 1. The van der Waals surface area contributed by atoms with Gasteiger partial charge in [-0.3, -0.25) is 0 Å². The first-order chi connectivity index (χ1) is 6.27. The van der Waals surface area contributed by atoms with Crippen molar-refractivity contribution in [3.63, 3.8) is 0 Å². The van der Waals surface area contributed by atoms with E-state index in [1.54, 1.807) is 12.1 Å². The standard InChI is InChI=1S/C7H4N2O2S2/c10-7(11)12-5-3-1-2-4-6(5)13-9-8-4/h1-3H,(H,10,11). The van der Waals surface area contributed by atoms with Gasteiger partial charge < -0.3 is 5.11 Å². The normalized spacial score (nSPS) is 10.5. The molecule has 0 amide bonds. The summed E-state index contributed by atoms with van der Waals surface area (Å²) in [5.74, 6) is 0. The van der Waals surface area contributed by atoms with Crippen molar-refractivity contribution < 1.29 is 9.90 Å². The highest BCUT2D eigenvalue weighted by atomic mass is 32.2. The highest BCUT2D eigenvalue weighted by Gasteiger charge is 2.08. The number of carbonyl (C=O) groups is 1. The summed E-state index contributed by atoms with van der Waals surface area (Å²) in [6.45, 7) is 0. The predicted molar refractivity (Wildman–Crippen MR) is 51.3 cm³/mol. The van der Waals surface area contributed by atoms with Crippen molar-refractivity contribution in [2.45, 2.75) is 4.90 Å². The maximum Gasteiger partial charge on any atom is 0.369 e. The van der Waals surface area contributed by atoms with Crippen LogP contribution in [0.15, 0.2) is 23.1 Å². The molecule has 2 rings (SSSR count).